The molecule has 1 unspecified atom stereocenters. The number of nitriles is 1. The van der Waals surface area contributed by atoms with Crippen LogP contribution in [-0.4, -0.2) is 81.5 Å². The van der Waals surface area contributed by atoms with Crippen LogP contribution in [0.3, 0.4) is 0 Å². The molecule has 15 heteroatoms. The maximum absolute atomic E-state index is 13.7. The Morgan fingerprint density at radius 1 is 1.05 bits per heavy atom. The molecule has 5 rings (SSSR count). The van der Waals surface area contributed by atoms with Crippen LogP contribution in [0.2, 0.25) is 0 Å². The van der Waals surface area contributed by atoms with E-state index in [0.29, 0.717) is 18.6 Å². The van der Waals surface area contributed by atoms with E-state index >= 15 is 0 Å². The summed E-state index contributed by atoms with van der Waals surface area (Å²) in [5.74, 6) is -0.753. The van der Waals surface area contributed by atoms with Gasteiger partial charge in [-0.15, -0.1) is 0 Å². The van der Waals surface area contributed by atoms with Gasteiger partial charge >= 0.3 is 18.4 Å². The van der Waals surface area contributed by atoms with E-state index < -0.39 is 77.2 Å². The van der Waals surface area contributed by atoms with Crippen molar-refractivity contribution in [2.75, 3.05) is 13.1 Å². The smallest absolute Gasteiger partial charge is 0.416 e. The van der Waals surface area contributed by atoms with E-state index in [1.165, 1.54) is 16.7 Å². The molecule has 0 aromatic heterocycles. The van der Waals surface area contributed by atoms with Crippen LogP contribution in [0.1, 0.15) is 69.7 Å². The summed E-state index contributed by atoms with van der Waals surface area (Å²) in [6, 6.07) is -0.896. The van der Waals surface area contributed by atoms with Crippen molar-refractivity contribution < 1.29 is 45.5 Å². The van der Waals surface area contributed by atoms with Gasteiger partial charge in [0.1, 0.15) is 17.7 Å². The second-order valence-corrected chi connectivity index (χ2v) is 13.0. The molecule has 9 nitrogen and oxygen atoms in total. The lowest BCUT2D eigenvalue weighted by molar-refractivity contribution is -0.143. The fourth-order valence-corrected chi connectivity index (χ4v) is 6.72. The number of amides is 3. The number of carbonyl (C=O) groups excluding carboxylic acids is 3. The molecule has 0 radical (unpaired) electrons. The number of nitrogens with one attached hydrogen (secondary N) is 1. The van der Waals surface area contributed by atoms with Crippen molar-refractivity contribution >= 4 is 17.9 Å². The third kappa shape index (κ3) is 6.18. The molecule has 240 valence electrons. The summed E-state index contributed by atoms with van der Waals surface area (Å²) in [5.41, 5.74) is -4.08. The topological polar surface area (TPSA) is 106 Å². The lowest BCUT2D eigenvalue weighted by Crippen LogP contribution is -2.59. The number of alkyl carbamates (subject to hydrolysis) is 1. The Labute approximate surface area is 250 Å². The van der Waals surface area contributed by atoms with Gasteiger partial charge in [0.25, 0.3) is 0 Å². The maximum Gasteiger partial charge on any atom is 0.416 e. The summed E-state index contributed by atoms with van der Waals surface area (Å²) in [5, 5.41) is 12.2. The van der Waals surface area contributed by atoms with Gasteiger partial charge in [-0.2, -0.15) is 31.6 Å². The molecule has 4 fully saturated rings. The first-order valence-electron chi connectivity index (χ1n) is 14.4. The number of hydrogen-bond acceptors (Lipinski definition) is 6. The second kappa shape index (κ2) is 10.8. The summed E-state index contributed by atoms with van der Waals surface area (Å²) in [7, 11) is 0. The molecule has 3 aliphatic heterocycles. The van der Waals surface area contributed by atoms with Crippen molar-refractivity contribution in [1.82, 2.24) is 20.0 Å². The molecule has 1 saturated carbocycles. The Morgan fingerprint density at radius 2 is 1.66 bits per heavy atom. The number of benzene rings is 1. The SMILES string of the molecule is C[C@H](c1cc(C(F)(F)F)cc(C(F)(F)F)c1)N1C(=O)[C@H]2CC1CN2C[C@H](NC(=O)OC(C)(C)C)C(=O)N1[C@H](C#N)C[C@@H]2C[C@@H]21. The fourth-order valence-electron chi connectivity index (χ4n) is 6.72. The van der Waals surface area contributed by atoms with E-state index in [1.807, 2.05) is 0 Å². The number of halogens is 6. The summed E-state index contributed by atoms with van der Waals surface area (Å²) >= 11 is 0. The number of piperazine rings is 1. The minimum Gasteiger partial charge on any atom is -0.444 e. The molecular weight excluding hydrogens is 596 g/mol. The normalized spacial score (nSPS) is 28.0. The average Bonchev–Trinajstić information content (AvgIpc) is 3.22. The van der Waals surface area contributed by atoms with Crippen LogP contribution < -0.4 is 5.32 Å². The first-order valence-corrected chi connectivity index (χ1v) is 14.4. The van der Waals surface area contributed by atoms with Crippen LogP contribution in [0.15, 0.2) is 18.2 Å². The lowest BCUT2D eigenvalue weighted by Gasteiger charge is -2.39. The van der Waals surface area contributed by atoms with Crippen LogP contribution in [0.5, 0.6) is 0 Å². The van der Waals surface area contributed by atoms with Gasteiger partial charge in [-0.3, -0.25) is 14.5 Å². The predicted octanol–water partition coefficient (Wildman–Crippen LogP) is 4.48. The first-order chi connectivity index (χ1) is 20.3. The van der Waals surface area contributed by atoms with Crippen molar-refractivity contribution in [3.8, 4) is 6.07 Å². The largest absolute Gasteiger partial charge is 0.444 e. The van der Waals surface area contributed by atoms with Crippen LogP contribution in [0.4, 0.5) is 31.1 Å². The molecule has 3 saturated heterocycles. The number of likely N-dealkylation sites (tertiary alicyclic amines) is 3. The van der Waals surface area contributed by atoms with Gasteiger partial charge in [0, 0.05) is 25.2 Å². The summed E-state index contributed by atoms with van der Waals surface area (Å²) in [6.07, 6.45) is -9.36. The highest BCUT2D eigenvalue weighted by molar-refractivity contribution is 5.89. The minimum atomic E-state index is -5.02. The molecule has 1 aromatic rings. The lowest BCUT2D eigenvalue weighted by atomic mass is 9.98. The van der Waals surface area contributed by atoms with Gasteiger partial charge in [0.15, 0.2) is 0 Å². The predicted molar refractivity (Wildman–Crippen MR) is 141 cm³/mol. The highest BCUT2D eigenvalue weighted by Crippen LogP contribution is 2.48. The molecule has 44 heavy (non-hydrogen) atoms. The van der Waals surface area contributed by atoms with Gasteiger partial charge in [0.05, 0.1) is 29.3 Å². The Balaban J connectivity index is 1.35. The van der Waals surface area contributed by atoms with E-state index in [-0.39, 0.29) is 43.1 Å². The quantitative estimate of drug-likeness (QED) is 0.466. The third-order valence-electron chi connectivity index (χ3n) is 8.74. The van der Waals surface area contributed by atoms with Crippen LogP contribution >= 0.6 is 0 Å². The maximum atomic E-state index is 13.7. The molecule has 7 atom stereocenters. The zero-order chi connectivity index (χ0) is 32.5. The molecule has 3 amide bonds. The summed E-state index contributed by atoms with van der Waals surface area (Å²) in [6.45, 7) is 6.43. The monoisotopic (exact) mass is 629 g/mol. The van der Waals surface area contributed by atoms with Gasteiger partial charge < -0.3 is 19.9 Å². The van der Waals surface area contributed by atoms with Crippen molar-refractivity contribution in [3.63, 3.8) is 0 Å². The second-order valence-electron chi connectivity index (χ2n) is 13.0. The van der Waals surface area contributed by atoms with Crippen LogP contribution in [-0.2, 0) is 26.7 Å². The van der Waals surface area contributed by atoms with Gasteiger partial charge in [-0.25, -0.2) is 4.79 Å². The Bertz CT molecular complexity index is 1350. The van der Waals surface area contributed by atoms with Gasteiger partial charge in [-0.1, -0.05) is 0 Å². The van der Waals surface area contributed by atoms with Gasteiger partial charge in [-0.05, 0) is 76.6 Å². The zero-order valence-electron chi connectivity index (χ0n) is 24.5. The standard InChI is InChI=1S/C29H33F6N5O4/c1-14(15-5-17(28(30,31)32)9-18(6-15)29(33,34)35)39-20-10-23(25(39)42)38(12-20)13-21(37-26(43)44-27(2,3)4)24(41)40-19(11-36)7-16-8-22(16)40/h5-6,9,14,16,19-23H,7-8,10,12-13H2,1-4H3,(H,37,43)/t14-,16-,19+,20?,21+,22+,23-/m1/s1. The Hall–Kier alpha value is -3.54. The fraction of sp³-hybridized carbons (Fsp3) is 0.655. The molecule has 4 aliphatic rings. The van der Waals surface area contributed by atoms with E-state index in [2.05, 4.69) is 11.4 Å². The van der Waals surface area contributed by atoms with Crippen molar-refractivity contribution in [2.24, 2.45) is 5.92 Å². The number of hydrogen-bond donors (Lipinski definition) is 1. The van der Waals surface area contributed by atoms with Gasteiger partial charge in [0.2, 0.25) is 11.8 Å². The Morgan fingerprint density at radius 3 is 2.18 bits per heavy atom. The first kappa shape index (κ1) is 31.9. The molecule has 0 spiro atoms. The molecular formula is C29H33F6N5O4. The van der Waals surface area contributed by atoms with E-state index in [0.717, 1.165) is 6.42 Å². The zero-order valence-corrected chi connectivity index (χ0v) is 24.5. The summed E-state index contributed by atoms with van der Waals surface area (Å²) in [4.78, 5) is 44.4. The van der Waals surface area contributed by atoms with E-state index in [1.54, 1.807) is 25.7 Å². The minimum absolute atomic E-state index is 0.0474. The molecule has 3 heterocycles. The molecule has 1 N–H and O–H groups in total. The van der Waals surface area contributed by atoms with E-state index in [4.69, 9.17) is 4.74 Å². The average molecular weight is 630 g/mol. The number of piperidine rings is 1. The van der Waals surface area contributed by atoms with Crippen LogP contribution in [0.25, 0.3) is 0 Å². The molecule has 2 bridgehead atoms. The molecule has 1 aliphatic carbocycles. The number of alkyl halides is 6. The highest BCUT2D eigenvalue weighted by atomic mass is 19.4. The molecule has 1 aromatic carbocycles. The number of carbonyl (C=O) groups is 3. The number of nitrogens with zero attached hydrogens (tertiary/aromatic N) is 4. The summed E-state index contributed by atoms with van der Waals surface area (Å²) < 4.78 is 86.1. The van der Waals surface area contributed by atoms with Crippen LogP contribution in [0, 0.1) is 17.2 Å². The third-order valence-corrected chi connectivity index (χ3v) is 8.74. The van der Waals surface area contributed by atoms with Crippen molar-refractivity contribution in [3.05, 3.63) is 34.9 Å². The van der Waals surface area contributed by atoms with Crippen molar-refractivity contribution in [1.29, 1.82) is 5.26 Å². The number of rotatable bonds is 6. The van der Waals surface area contributed by atoms with Crippen molar-refractivity contribution in [2.45, 2.75) is 101 Å². The number of ether oxygens (including phenoxy) is 1. The highest BCUT2D eigenvalue weighted by Gasteiger charge is 2.57. The van der Waals surface area contributed by atoms with E-state index in [9.17, 15) is 46.0 Å². The Kier molecular flexibility index (Phi) is 7.83. The number of fused-ring (bicyclic) bond motifs is 3.